The quantitative estimate of drug-likeness (QED) is 0.715. The first kappa shape index (κ1) is 20.6. The van der Waals surface area contributed by atoms with Gasteiger partial charge in [-0.3, -0.25) is 14.5 Å². The lowest BCUT2D eigenvalue weighted by molar-refractivity contribution is -0.119. The van der Waals surface area contributed by atoms with Gasteiger partial charge >= 0.3 is 6.61 Å². The third-order valence-electron chi connectivity index (χ3n) is 3.32. The van der Waals surface area contributed by atoms with E-state index >= 15 is 0 Å². The van der Waals surface area contributed by atoms with Crippen molar-refractivity contribution in [2.24, 2.45) is 0 Å². The molecule has 9 heteroatoms. The van der Waals surface area contributed by atoms with Gasteiger partial charge in [0, 0.05) is 16.4 Å². The van der Waals surface area contributed by atoms with Crippen LogP contribution in [0.1, 0.15) is 0 Å². The summed E-state index contributed by atoms with van der Waals surface area (Å²) in [6, 6.07) is 12.2. The second kappa shape index (κ2) is 9.84. The molecule has 0 bridgehead atoms. The van der Waals surface area contributed by atoms with Crippen molar-refractivity contribution in [2.75, 3.05) is 30.8 Å². The monoisotopic (exact) mass is 397 g/mol. The molecule has 0 aliphatic rings. The van der Waals surface area contributed by atoms with Crippen molar-refractivity contribution in [1.82, 2.24) is 4.90 Å². The SMILES string of the molecule is CN(CC(=O)Nc1ccc(Cl)cc1)CC(=O)Nc1ccc(OC(F)F)cc1. The van der Waals surface area contributed by atoms with Crippen LogP contribution < -0.4 is 15.4 Å². The summed E-state index contributed by atoms with van der Waals surface area (Å²) in [5, 5.41) is 5.88. The molecule has 0 spiro atoms. The third kappa shape index (κ3) is 7.59. The Morgan fingerprint density at radius 2 is 1.41 bits per heavy atom. The number of rotatable bonds is 8. The van der Waals surface area contributed by atoms with Gasteiger partial charge in [0.05, 0.1) is 13.1 Å². The molecule has 0 radical (unpaired) electrons. The predicted molar refractivity (Wildman–Crippen MR) is 99.3 cm³/mol. The lowest BCUT2D eigenvalue weighted by Gasteiger charge is -2.16. The Hall–Kier alpha value is -2.71. The zero-order valence-electron chi connectivity index (χ0n) is 14.4. The van der Waals surface area contributed by atoms with Crippen molar-refractivity contribution in [2.45, 2.75) is 6.61 Å². The molecule has 0 fully saturated rings. The van der Waals surface area contributed by atoms with Gasteiger partial charge in [-0.2, -0.15) is 8.78 Å². The summed E-state index contributed by atoms with van der Waals surface area (Å²) in [5.41, 5.74) is 1.04. The smallest absolute Gasteiger partial charge is 0.387 e. The van der Waals surface area contributed by atoms with E-state index < -0.39 is 6.61 Å². The first-order valence-corrected chi connectivity index (χ1v) is 8.28. The van der Waals surface area contributed by atoms with Gasteiger partial charge < -0.3 is 15.4 Å². The number of anilines is 2. The maximum Gasteiger partial charge on any atom is 0.387 e. The fourth-order valence-electron chi connectivity index (χ4n) is 2.20. The highest BCUT2D eigenvalue weighted by molar-refractivity contribution is 6.30. The summed E-state index contributed by atoms with van der Waals surface area (Å²) in [6.07, 6.45) is 0. The van der Waals surface area contributed by atoms with Crippen LogP contribution >= 0.6 is 11.6 Å². The van der Waals surface area contributed by atoms with Gasteiger partial charge in [-0.15, -0.1) is 0 Å². The van der Waals surface area contributed by atoms with Gasteiger partial charge in [0.25, 0.3) is 0 Å². The van der Waals surface area contributed by atoms with Gasteiger partial charge in [0.2, 0.25) is 11.8 Å². The zero-order valence-corrected chi connectivity index (χ0v) is 15.2. The number of hydrogen-bond donors (Lipinski definition) is 2. The first-order chi connectivity index (χ1) is 12.8. The third-order valence-corrected chi connectivity index (χ3v) is 3.57. The van der Waals surface area contributed by atoms with Gasteiger partial charge in [-0.05, 0) is 55.6 Å². The Bertz CT molecular complexity index is 770. The minimum absolute atomic E-state index is 0.000937. The number of benzene rings is 2. The number of amides is 2. The number of ether oxygens (including phenoxy) is 1. The lowest BCUT2D eigenvalue weighted by Crippen LogP contribution is -2.36. The minimum Gasteiger partial charge on any atom is -0.435 e. The van der Waals surface area contributed by atoms with Gasteiger partial charge in [-0.1, -0.05) is 11.6 Å². The number of carbonyl (C=O) groups is 2. The molecule has 2 N–H and O–H groups in total. The first-order valence-electron chi connectivity index (χ1n) is 7.90. The fraction of sp³-hybridized carbons (Fsp3) is 0.222. The largest absolute Gasteiger partial charge is 0.435 e. The van der Waals surface area contributed by atoms with Crippen molar-refractivity contribution < 1.29 is 23.1 Å². The molecule has 0 aromatic heterocycles. The van der Waals surface area contributed by atoms with E-state index in [1.165, 1.54) is 29.2 Å². The molecule has 6 nitrogen and oxygen atoms in total. The molecule has 0 unspecified atom stereocenters. The average Bonchev–Trinajstić information content (AvgIpc) is 2.58. The van der Waals surface area contributed by atoms with E-state index in [1.54, 1.807) is 31.3 Å². The van der Waals surface area contributed by atoms with Crippen molar-refractivity contribution in [3.05, 3.63) is 53.6 Å². The molecule has 0 saturated carbocycles. The highest BCUT2D eigenvalue weighted by Gasteiger charge is 2.12. The van der Waals surface area contributed by atoms with Crippen molar-refractivity contribution >= 4 is 34.8 Å². The van der Waals surface area contributed by atoms with Crippen LogP contribution in [0.15, 0.2) is 48.5 Å². The molecule has 2 aromatic carbocycles. The number of hydrogen-bond acceptors (Lipinski definition) is 4. The Labute approximate surface area is 160 Å². The van der Waals surface area contributed by atoms with E-state index in [-0.39, 0.29) is 30.7 Å². The highest BCUT2D eigenvalue weighted by atomic mass is 35.5. The molecule has 2 amide bonds. The maximum atomic E-state index is 12.1. The van der Waals surface area contributed by atoms with Crippen LogP contribution in [0.4, 0.5) is 20.2 Å². The Morgan fingerprint density at radius 3 is 1.85 bits per heavy atom. The number of nitrogens with one attached hydrogen (secondary N) is 2. The Morgan fingerprint density at radius 1 is 0.963 bits per heavy atom. The van der Waals surface area contributed by atoms with Crippen LogP contribution in [-0.4, -0.2) is 43.5 Å². The normalized spacial score (nSPS) is 10.7. The van der Waals surface area contributed by atoms with Crippen LogP contribution in [0.5, 0.6) is 5.75 Å². The van der Waals surface area contributed by atoms with E-state index in [9.17, 15) is 18.4 Å². The summed E-state index contributed by atoms with van der Waals surface area (Å²) in [4.78, 5) is 25.5. The van der Waals surface area contributed by atoms with Crippen LogP contribution in [0.3, 0.4) is 0 Å². The molecular weight excluding hydrogens is 380 g/mol. The summed E-state index contributed by atoms with van der Waals surface area (Å²) >= 11 is 5.78. The summed E-state index contributed by atoms with van der Waals surface area (Å²) in [7, 11) is 1.63. The van der Waals surface area contributed by atoms with E-state index in [2.05, 4.69) is 15.4 Å². The van der Waals surface area contributed by atoms with Crippen LogP contribution in [0.25, 0.3) is 0 Å². The van der Waals surface area contributed by atoms with E-state index in [1.807, 2.05) is 0 Å². The number of nitrogens with zero attached hydrogens (tertiary/aromatic N) is 1. The molecule has 2 rings (SSSR count). The average molecular weight is 398 g/mol. The number of likely N-dealkylation sites (N-methyl/N-ethyl adjacent to an activating group) is 1. The van der Waals surface area contributed by atoms with Crippen molar-refractivity contribution in [3.63, 3.8) is 0 Å². The molecule has 0 saturated heterocycles. The molecule has 2 aromatic rings. The Balaban J connectivity index is 1.77. The molecule has 0 aliphatic heterocycles. The molecule has 0 aliphatic carbocycles. The standard InChI is InChI=1S/C18H18ClF2N3O3/c1-24(10-16(25)22-13-4-2-12(19)3-5-13)11-17(26)23-14-6-8-15(9-7-14)27-18(20)21/h2-9,18H,10-11H2,1H3,(H,22,25)(H,23,26). The lowest BCUT2D eigenvalue weighted by atomic mass is 10.3. The topological polar surface area (TPSA) is 70.7 Å². The molecular formula is C18H18ClF2N3O3. The van der Waals surface area contributed by atoms with Gasteiger partial charge in [0.15, 0.2) is 0 Å². The maximum absolute atomic E-state index is 12.1. The number of halogens is 3. The highest BCUT2D eigenvalue weighted by Crippen LogP contribution is 2.17. The molecule has 0 heterocycles. The van der Waals surface area contributed by atoms with Crippen LogP contribution in [0.2, 0.25) is 5.02 Å². The summed E-state index contributed by atoms with van der Waals surface area (Å²) in [5.74, 6) is -0.626. The molecule has 144 valence electrons. The number of alkyl halides is 2. The van der Waals surface area contributed by atoms with Gasteiger partial charge in [0.1, 0.15) is 5.75 Å². The van der Waals surface area contributed by atoms with Gasteiger partial charge in [-0.25, -0.2) is 0 Å². The zero-order chi connectivity index (χ0) is 19.8. The second-order valence-corrected chi connectivity index (χ2v) is 6.11. The fourth-order valence-corrected chi connectivity index (χ4v) is 2.33. The Kier molecular flexibility index (Phi) is 7.51. The van der Waals surface area contributed by atoms with E-state index in [4.69, 9.17) is 11.6 Å². The minimum atomic E-state index is -2.90. The van der Waals surface area contributed by atoms with Crippen molar-refractivity contribution in [3.8, 4) is 5.75 Å². The van der Waals surface area contributed by atoms with Crippen LogP contribution in [0, 0.1) is 0 Å². The predicted octanol–water partition coefficient (Wildman–Crippen LogP) is 3.45. The van der Waals surface area contributed by atoms with Crippen molar-refractivity contribution in [1.29, 1.82) is 0 Å². The summed E-state index contributed by atoms with van der Waals surface area (Å²) in [6.45, 7) is -2.92. The van der Waals surface area contributed by atoms with Crippen LogP contribution in [-0.2, 0) is 9.59 Å². The molecule has 0 atom stereocenters. The summed E-state index contributed by atoms with van der Waals surface area (Å²) < 4.78 is 28.4. The second-order valence-electron chi connectivity index (χ2n) is 5.68. The van der Waals surface area contributed by atoms with E-state index in [0.29, 0.717) is 16.4 Å². The van der Waals surface area contributed by atoms with E-state index in [0.717, 1.165) is 0 Å². The number of carbonyl (C=O) groups excluding carboxylic acids is 2. The molecule has 27 heavy (non-hydrogen) atoms.